The molecule has 26 heavy (non-hydrogen) atoms. The molecule has 2 aliphatic rings. The van der Waals surface area contributed by atoms with Crippen LogP contribution in [0.2, 0.25) is 0 Å². The van der Waals surface area contributed by atoms with Gasteiger partial charge in [-0.25, -0.2) is 0 Å². The van der Waals surface area contributed by atoms with E-state index in [-0.39, 0.29) is 0 Å². The molecule has 0 aromatic heterocycles. The van der Waals surface area contributed by atoms with Gasteiger partial charge in [-0.15, -0.1) is 0 Å². The second-order valence-electron chi connectivity index (χ2n) is 7.77. The molecular weight excluding hydrogens is 322 g/mol. The van der Waals surface area contributed by atoms with Gasteiger partial charge in [0.25, 0.3) is 0 Å². The lowest BCUT2D eigenvalue weighted by Gasteiger charge is -2.35. The molecule has 2 aliphatic heterocycles. The summed E-state index contributed by atoms with van der Waals surface area (Å²) in [5.41, 5.74) is 1.26. The maximum atomic E-state index is 12.4. The highest BCUT2D eigenvalue weighted by Crippen LogP contribution is 2.16. The zero-order chi connectivity index (χ0) is 18.2. The molecule has 2 heterocycles. The van der Waals surface area contributed by atoms with Gasteiger partial charge in [-0.2, -0.15) is 0 Å². The summed E-state index contributed by atoms with van der Waals surface area (Å²) in [7, 11) is 0. The molecule has 0 saturated carbocycles. The second kappa shape index (κ2) is 9.89. The van der Waals surface area contributed by atoms with E-state index in [1.807, 2.05) is 6.07 Å². The van der Waals surface area contributed by atoms with E-state index >= 15 is 0 Å². The monoisotopic (exact) mass is 355 g/mol. The molecule has 4 nitrogen and oxygen atoms in total. The summed E-state index contributed by atoms with van der Waals surface area (Å²) in [5, 5.41) is 0. The molecule has 0 aliphatic carbocycles. The fourth-order valence-electron chi connectivity index (χ4n) is 3.77. The molecule has 4 heteroatoms. The molecule has 0 bridgehead atoms. The first-order chi connectivity index (χ1) is 12.7. The number of rotatable bonds is 6. The van der Waals surface area contributed by atoms with Crippen molar-refractivity contribution in [2.24, 2.45) is 5.92 Å². The van der Waals surface area contributed by atoms with E-state index in [1.165, 1.54) is 18.4 Å². The van der Waals surface area contributed by atoms with Crippen LogP contribution in [-0.2, 0) is 4.79 Å². The Morgan fingerprint density at radius 1 is 1.00 bits per heavy atom. The van der Waals surface area contributed by atoms with Crippen molar-refractivity contribution in [1.82, 2.24) is 14.7 Å². The van der Waals surface area contributed by atoms with E-state index in [9.17, 15) is 4.79 Å². The lowest BCUT2D eigenvalue weighted by Crippen LogP contribution is -2.47. The number of hydrogen-bond donors (Lipinski definition) is 0. The van der Waals surface area contributed by atoms with Gasteiger partial charge >= 0.3 is 0 Å². The fraction of sp³-hybridized carbons (Fsp3) is 0.591. The Hall–Kier alpha value is -1.65. The average molecular weight is 356 g/mol. The number of likely N-dealkylation sites (tertiary alicyclic amines) is 1. The number of hydrogen-bond acceptors (Lipinski definition) is 3. The van der Waals surface area contributed by atoms with Crippen molar-refractivity contribution in [2.75, 3.05) is 52.4 Å². The molecule has 0 spiro atoms. The van der Waals surface area contributed by atoms with Crippen LogP contribution in [0.25, 0.3) is 6.08 Å². The van der Waals surface area contributed by atoms with E-state index in [4.69, 9.17) is 0 Å². The molecule has 3 rings (SSSR count). The number of amides is 1. The van der Waals surface area contributed by atoms with Gasteiger partial charge in [0, 0.05) is 58.8 Å². The third kappa shape index (κ3) is 5.96. The van der Waals surface area contributed by atoms with Gasteiger partial charge < -0.3 is 9.80 Å². The molecule has 2 saturated heterocycles. The molecule has 2 fully saturated rings. The molecule has 0 unspecified atom stereocenters. The summed E-state index contributed by atoms with van der Waals surface area (Å²) in [5.74, 6) is 1.13. The zero-order valence-electron chi connectivity index (χ0n) is 16.1. The predicted octanol–water partition coefficient (Wildman–Crippen LogP) is 2.97. The van der Waals surface area contributed by atoms with Crippen LogP contribution < -0.4 is 0 Å². The largest absolute Gasteiger partial charge is 0.343 e. The molecular formula is C22H33N3O. The number of carbonyl (C=O) groups excluding carboxylic acids is 1. The highest BCUT2D eigenvalue weighted by atomic mass is 16.2. The standard InChI is InChI=1S/C22H33N3O/c1-20-9-14-25(15-10-20)22(26)11-13-24-18-16-23(17-19-24)12-5-8-21-6-3-2-4-7-21/h2-8,20H,9-19H2,1H3/b8-5+. The Kier molecular flexibility index (Phi) is 7.27. The van der Waals surface area contributed by atoms with Gasteiger partial charge in [0.1, 0.15) is 0 Å². The van der Waals surface area contributed by atoms with Crippen molar-refractivity contribution in [3.05, 3.63) is 42.0 Å². The zero-order valence-corrected chi connectivity index (χ0v) is 16.1. The summed E-state index contributed by atoms with van der Waals surface area (Å²) >= 11 is 0. The summed E-state index contributed by atoms with van der Waals surface area (Å²) in [6, 6.07) is 10.5. The first kappa shape index (κ1) is 19.1. The first-order valence-corrected chi connectivity index (χ1v) is 10.1. The average Bonchev–Trinajstić information content (AvgIpc) is 2.68. The maximum absolute atomic E-state index is 12.4. The van der Waals surface area contributed by atoms with Crippen molar-refractivity contribution >= 4 is 12.0 Å². The smallest absolute Gasteiger partial charge is 0.223 e. The van der Waals surface area contributed by atoms with Gasteiger partial charge in [-0.05, 0) is 24.3 Å². The summed E-state index contributed by atoms with van der Waals surface area (Å²) < 4.78 is 0. The molecule has 142 valence electrons. The van der Waals surface area contributed by atoms with E-state index in [0.717, 1.165) is 58.3 Å². The van der Waals surface area contributed by atoms with Gasteiger partial charge in [0.2, 0.25) is 5.91 Å². The van der Waals surface area contributed by atoms with Crippen molar-refractivity contribution in [1.29, 1.82) is 0 Å². The number of nitrogens with zero attached hydrogens (tertiary/aromatic N) is 3. The Bertz CT molecular complexity index is 570. The number of piperidine rings is 1. The van der Waals surface area contributed by atoms with Gasteiger partial charge in [0.15, 0.2) is 0 Å². The molecule has 1 aromatic carbocycles. The minimum atomic E-state index is 0.352. The van der Waals surface area contributed by atoms with Gasteiger partial charge in [-0.3, -0.25) is 9.69 Å². The number of piperazine rings is 1. The van der Waals surface area contributed by atoms with Crippen LogP contribution in [0.5, 0.6) is 0 Å². The third-order valence-corrected chi connectivity index (χ3v) is 5.72. The van der Waals surface area contributed by atoms with Crippen LogP contribution in [0.3, 0.4) is 0 Å². The molecule has 0 atom stereocenters. The van der Waals surface area contributed by atoms with Gasteiger partial charge in [-0.1, -0.05) is 49.4 Å². The van der Waals surface area contributed by atoms with Crippen LogP contribution in [0, 0.1) is 5.92 Å². The summed E-state index contributed by atoms with van der Waals surface area (Å²) in [6.07, 6.45) is 7.47. The normalized spacial score (nSPS) is 20.7. The predicted molar refractivity (Wildman–Crippen MR) is 108 cm³/mol. The van der Waals surface area contributed by atoms with Crippen LogP contribution in [0.1, 0.15) is 31.7 Å². The van der Waals surface area contributed by atoms with E-state index in [0.29, 0.717) is 12.3 Å². The maximum Gasteiger partial charge on any atom is 0.223 e. The quantitative estimate of drug-likeness (QED) is 0.785. The summed E-state index contributed by atoms with van der Waals surface area (Å²) in [4.78, 5) is 19.4. The second-order valence-corrected chi connectivity index (χ2v) is 7.77. The molecule has 0 N–H and O–H groups in total. The highest BCUT2D eigenvalue weighted by molar-refractivity contribution is 5.76. The van der Waals surface area contributed by atoms with Crippen molar-refractivity contribution in [3.63, 3.8) is 0 Å². The van der Waals surface area contributed by atoms with Gasteiger partial charge in [0.05, 0.1) is 0 Å². The van der Waals surface area contributed by atoms with Crippen molar-refractivity contribution in [3.8, 4) is 0 Å². The highest BCUT2D eigenvalue weighted by Gasteiger charge is 2.21. The summed E-state index contributed by atoms with van der Waals surface area (Å²) in [6.45, 7) is 10.5. The van der Waals surface area contributed by atoms with E-state index < -0.39 is 0 Å². The minimum absolute atomic E-state index is 0.352. The SMILES string of the molecule is CC1CCN(C(=O)CCN2CCN(C/C=C/c3ccccc3)CC2)CC1. The topological polar surface area (TPSA) is 26.8 Å². The Morgan fingerprint density at radius 2 is 1.65 bits per heavy atom. The van der Waals surface area contributed by atoms with E-state index in [1.54, 1.807) is 0 Å². The molecule has 1 amide bonds. The Labute approximate surface area is 158 Å². The van der Waals surface area contributed by atoms with Crippen molar-refractivity contribution in [2.45, 2.75) is 26.2 Å². The van der Waals surface area contributed by atoms with Crippen LogP contribution >= 0.6 is 0 Å². The van der Waals surface area contributed by atoms with Crippen LogP contribution in [0.15, 0.2) is 36.4 Å². The molecule has 1 aromatic rings. The third-order valence-electron chi connectivity index (χ3n) is 5.72. The Morgan fingerprint density at radius 3 is 2.35 bits per heavy atom. The Balaban J connectivity index is 1.31. The minimum Gasteiger partial charge on any atom is -0.343 e. The number of carbonyl (C=O) groups is 1. The lowest BCUT2D eigenvalue weighted by atomic mass is 9.99. The fourth-order valence-corrected chi connectivity index (χ4v) is 3.77. The van der Waals surface area contributed by atoms with Crippen LogP contribution in [-0.4, -0.2) is 73.0 Å². The molecule has 0 radical (unpaired) electrons. The van der Waals surface area contributed by atoms with Crippen LogP contribution in [0.4, 0.5) is 0 Å². The van der Waals surface area contributed by atoms with E-state index in [2.05, 4.69) is 58.0 Å². The first-order valence-electron chi connectivity index (χ1n) is 10.1. The van der Waals surface area contributed by atoms with Crippen molar-refractivity contribution < 1.29 is 4.79 Å². The lowest BCUT2D eigenvalue weighted by molar-refractivity contribution is -0.132. The number of benzene rings is 1.